The summed E-state index contributed by atoms with van der Waals surface area (Å²) in [5.41, 5.74) is 0. The zero-order valence-corrected chi connectivity index (χ0v) is 12.9. The van der Waals surface area contributed by atoms with Crippen LogP contribution in [-0.2, 0) is 10.0 Å². The predicted molar refractivity (Wildman–Crippen MR) is 79.2 cm³/mol. The molecule has 1 fully saturated rings. The van der Waals surface area contributed by atoms with E-state index in [-0.39, 0.29) is 10.8 Å². The van der Waals surface area contributed by atoms with Crippen LogP contribution in [0.15, 0.2) is 40.7 Å². The molecule has 1 saturated heterocycles. The van der Waals surface area contributed by atoms with Crippen LogP contribution >= 0.6 is 11.3 Å². The highest BCUT2D eigenvalue weighted by atomic mass is 32.2. The summed E-state index contributed by atoms with van der Waals surface area (Å²) in [6.45, 7) is 0.794. The summed E-state index contributed by atoms with van der Waals surface area (Å²) in [5.74, 6) is -0.603. The number of thiazole rings is 1. The Bertz CT molecular complexity index is 716. The fourth-order valence-electron chi connectivity index (χ4n) is 2.59. The molecule has 0 amide bonds. The topological polar surface area (TPSA) is 50.3 Å². The van der Waals surface area contributed by atoms with E-state index in [1.54, 1.807) is 6.20 Å². The zero-order chi connectivity index (χ0) is 14.9. The number of piperidine rings is 1. The molecule has 0 bridgehead atoms. The van der Waals surface area contributed by atoms with E-state index in [1.807, 2.05) is 5.38 Å². The first-order valence-electron chi connectivity index (χ1n) is 6.73. The van der Waals surface area contributed by atoms with E-state index in [0.29, 0.717) is 13.1 Å². The van der Waals surface area contributed by atoms with Crippen LogP contribution in [0, 0.1) is 5.82 Å². The van der Waals surface area contributed by atoms with E-state index in [4.69, 9.17) is 0 Å². The summed E-state index contributed by atoms with van der Waals surface area (Å²) in [7, 11) is -3.78. The van der Waals surface area contributed by atoms with Gasteiger partial charge in [0.15, 0.2) is 0 Å². The lowest BCUT2D eigenvalue weighted by atomic mass is 10.0. The Kier molecular flexibility index (Phi) is 4.05. The Morgan fingerprint density at radius 1 is 1.33 bits per heavy atom. The van der Waals surface area contributed by atoms with Gasteiger partial charge in [0.05, 0.1) is 5.01 Å². The highest BCUT2D eigenvalue weighted by molar-refractivity contribution is 7.89. The van der Waals surface area contributed by atoms with Crippen LogP contribution in [0.3, 0.4) is 0 Å². The van der Waals surface area contributed by atoms with Crippen molar-refractivity contribution in [3.63, 3.8) is 0 Å². The van der Waals surface area contributed by atoms with Gasteiger partial charge in [0.25, 0.3) is 0 Å². The molecule has 7 heteroatoms. The number of hydrogen-bond acceptors (Lipinski definition) is 4. The van der Waals surface area contributed by atoms with E-state index < -0.39 is 15.8 Å². The maximum atomic E-state index is 13.8. The van der Waals surface area contributed by atoms with Crippen LogP contribution in [0.2, 0.25) is 0 Å². The Hall–Kier alpha value is -1.31. The number of rotatable bonds is 3. The van der Waals surface area contributed by atoms with Gasteiger partial charge in [-0.25, -0.2) is 17.8 Å². The lowest BCUT2D eigenvalue weighted by Gasteiger charge is -2.31. The molecule has 2 heterocycles. The van der Waals surface area contributed by atoms with Crippen LogP contribution in [0.25, 0.3) is 0 Å². The van der Waals surface area contributed by atoms with Crippen molar-refractivity contribution < 1.29 is 12.8 Å². The smallest absolute Gasteiger partial charge is 0.246 e. The van der Waals surface area contributed by atoms with E-state index in [9.17, 15) is 12.8 Å². The first-order valence-corrected chi connectivity index (χ1v) is 9.05. The molecule has 1 aromatic carbocycles. The number of benzene rings is 1. The van der Waals surface area contributed by atoms with Crippen molar-refractivity contribution in [3.8, 4) is 0 Å². The molecular formula is C14H15FN2O2S2. The quantitative estimate of drug-likeness (QED) is 0.871. The van der Waals surface area contributed by atoms with Crippen molar-refractivity contribution >= 4 is 21.4 Å². The lowest BCUT2D eigenvalue weighted by molar-refractivity contribution is 0.314. The number of sulfonamides is 1. The molecular weight excluding hydrogens is 311 g/mol. The van der Waals surface area contributed by atoms with Crippen molar-refractivity contribution in [1.29, 1.82) is 0 Å². The van der Waals surface area contributed by atoms with Gasteiger partial charge in [-0.05, 0) is 25.0 Å². The second-order valence-electron chi connectivity index (χ2n) is 5.00. The Balaban J connectivity index is 1.88. The molecule has 0 spiro atoms. The van der Waals surface area contributed by atoms with Crippen LogP contribution < -0.4 is 0 Å². The highest BCUT2D eigenvalue weighted by Gasteiger charge is 2.33. The average molecular weight is 326 g/mol. The normalized spacial score (nSPS) is 20.5. The van der Waals surface area contributed by atoms with E-state index in [2.05, 4.69) is 4.98 Å². The standard InChI is InChI=1S/C14H15FN2O2S2/c15-12-5-1-2-6-13(12)21(18,19)17-8-3-4-11(10-17)14-16-7-9-20-14/h1-2,5-7,9,11H,3-4,8,10H2/t11-/m0/s1. The minimum atomic E-state index is -3.78. The molecule has 1 aliphatic rings. The van der Waals surface area contributed by atoms with Crippen molar-refractivity contribution in [2.24, 2.45) is 0 Å². The average Bonchev–Trinajstić information content (AvgIpc) is 3.02. The number of halogens is 1. The number of aromatic nitrogens is 1. The minimum absolute atomic E-state index is 0.0975. The third-order valence-corrected chi connectivity index (χ3v) is 6.48. The molecule has 0 saturated carbocycles. The van der Waals surface area contributed by atoms with Crippen LogP contribution in [-0.4, -0.2) is 30.8 Å². The molecule has 0 N–H and O–H groups in total. The summed E-state index contributed by atoms with van der Waals surface area (Å²) in [6, 6.07) is 5.52. The fraction of sp³-hybridized carbons (Fsp3) is 0.357. The van der Waals surface area contributed by atoms with Crippen molar-refractivity contribution in [2.45, 2.75) is 23.7 Å². The second-order valence-corrected chi connectivity index (χ2v) is 7.84. The van der Waals surface area contributed by atoms with Gasteiger partial charge >= 0.3 is 0 Å². The lowest BCUT2D eigenvalue weighted by Crippen LogP contribution is -2.39. The minimum Gasteiger partial charge on any atom is -0.249 e. The molecule has 2 aromatic rings. The Morgan fingerprint density at radius 3 is 2.86 bits per heavy atom. The molecule has 1 atom stereocenters. The highest BCUT2D eigenvalue weighted by Crippen LogP contribution is 2.31. The molecule has 1 aliphatic heterocycles. The zero-order valence-electron chi connectivity index (χ0n) is 11.3. The van der Waals surface area contributed by atoms with Gasteiger partial charge in [0.1, 0.15) is 10.7 Å². The number of nitrogens with zero attached hydrogens (tertiary/aromatic N) is 2. The van der Waals surface area contributed by atoms with Crippen LogP contribution in [0.4, 0.5) is 4.39 Å². The SMILES string of the molecule is O=S(=O)(c1ccccc1F)N1CCC[C@H](c2nccs2)C1. The van der Waals surface area contributed by atoms with Gasteiger partial charge in [0.2, 0.25) is 10.0 Å². The molecule has 0 aliphatic carbocycles. The largest absolute Gasteiger partial charge is 0.249 e. The van der Waals surface area contributed by atoms with Gasteiger partial charge in [-0.1, -0.05) is 12.1 Å². The molecule has 0 unspecified atom stereocenters. The Morgan fingerprint density at radius 2 is 2.14 bits per heavy atom. The molecule has 4 nitrogen and oxygen atoms in total. The van der Waals surface area contributed by atoms with Gasteiger partial charge in [-0.15, -0.1) is 11.3 Å². The van der Waals surface area contributed by atoms with Crippen LogP contribution in [0.5, 0.6) is 0 Å². The van der Waals surface area contributed by atoms with Crippen LogP contribution in [0.1, 0.15) is 23.8 Å². The van der Waals surface area contributed by atoms with Crippen molar-refractivity contribution in [2.75, 3.05) is 13.1 Å². The summed E-state index contributed by atoms with van der Waals surface area (Å²) in [5, 5.41) is 2.84. The summed E-state index contributed by atoms with van der Waals surface area (Å²) < 4.78 is 40.4. The molecule has 112 valence electrons. The van der Waals surface area contributed by atoms with E-state index in [0.717, 1.165) is 17.8 Å². The predicted octanol–water partition coefficient (Wildman–Crippen LogP) is 2.85. The van der Waals surface area contributed by atoms with E-state index in [1.165, 1.54) is 39.9 Å². The van der Waals surface area contributed by atoms with E-state index >= 15 is 0 Å². The first-order chi connectivity index (χ1) is 10.1. The first kappa shape index (κ1) is 14.6. The second kappa shape index (κ2) is 5.82. The maximum Gasteiger partial charge on any atom is 0.246 e. The summed E-state index contributed by atoms with van der Waals surface area (Å²) >= 11 is 1.53. The summed E-state index contributed by atoms with van der Waals surface area (Å²) in [4.78, 5) is 4.02. The molecule has 1 aromatic heterocycles. The number of hydrogen-bond donors (Lipinski definition) is 0. The van der Waals surface area contributed by atoms with Gasteiger partial charge in [0, 0.05) is 30.6 Å². The third kappa shape index (κ3) is 2.86. The summed E-state index contributed by atoms with van der Waals surface area (Å²) in [6.07, 6.45) is 3.40. The van der Waals surface area contributed by atoms with Gasteiger partial charge in [-0.3, -0.25) is 0 Å². The molecule has 0 radical (unpaired) electrons. The third-order valence-electron chi connectivity index (χ3n) is 3.64. The fourth-order valence-corrected chi connectivity index (χ4v) is 4.95. The van der Waals surface area contributed by atoms with Crippen molar-refractivity contribution in [1.82, 2.24) is 9.29 Å². The Labute approximate surface area is 127 Å². The van der Waals surface area contributed by atoms with Gasteiger partial charge < -0.3 is 0 Å². The van der Waals surface area contributed by atoms with Crippen molar-refractivity contribution in [3.05, 3.63) is 46.7 Å². The molecule has 21 heavy (non-hydrogen) atoms. The maximum absolute atomic E-state index is 13.8. The van der Waals surface area contributed by atoms with Gasteiger partial charge in [-0.2, -0.15) is 4.31 Å². The molecule has 3 rings (SSSR count). The monoisotopic (exact) mass is 326 g/mol.